The minimum Gasteiger partial charge on any atom is -0.390 e. The summed E-state index contributed by atoms with van der Waals surface area (Å²) in [5.41, 5.74) is 0.131. The third kappa shape index (κ3) is 3.12. The van der Waals surface area contributed by atoms with Gasteiger partial charge in [-0.3, -0.25) is 0 Å². The van der Waals surface area contributed by atoms with Crippen LogP contribution in [-0.2, 0) is 0 Å². The summed E-state index contributed by atoms with van der Waals surface area (Å²) in [5.74, 6) is -1.86. The normalized spacial score (nSPS) is 15.0. The molecule has 0 amide bonds. The van der Waals surface area contributed by atoms with E-state index in [2.05, 4.69) is 0 Å². The van der Waals surface area contributed by atoms with Crippen LogP contribution in [0.4, 0.5) is 8.78 Å². The maximum absolute atomic E-state index is 12.8. The van der Waals surface area contributed by atoms with Gasteiger partial charge in [0, 0.05) is 5.88 Å². The zero-order valence-corrected chi connectivity index (χ0v) is 8.59. The van der Waals surface area contributed by atoms with Gasteiger partial charge >= 0.3 is 0 Å². The first-order valence-electron chi connectivity index (χ1n) is 4.43. The molecule has 0 aromatic heterocycles. The lowest BCUT2D eigenvalue weighted by atomic mass is 10.0. The molecule has 2 N–H and O–H groups in total. The highest BCUT2D eigenvalue weighted by atomic mass is 35.5. The van der Waals surface area contributed by atoms with Gasteiger partial charge in [0.2, 0.25) is 0 Å². The van der Waals surface area contributed by atoms with Gasteiger partial charge in [0.1, 0.15) is 6.10 Å². The van der Waals surface area contributed by atoms with E-state index in [1.807, 2.05) is 0 Å². The fraction of sp³-hybridized carbons (Fsp3) is 0.400. The van der Waals surface area contributed by atoms with Gasteiger partial charge in [-0.15, -0.1) is 11.6 Å². The monoisotopic (exact) mass is 236 g/mol. The van der Waals surface area contributed by atoms with Gasteiger partial charge in [0.25, 0.3) is 0 Å². The molecule has 0 saturated carbocycles. The largest absolute Gasteiger partial charge is 0.390 e. The Morgan fingerprint density at radius 2 is 1.87 bits per heavy atom. The van der Waals surface area contributed by atoms with E-state index in [-0.39, 0.29) is 17.9 Å². The summed E-state index contributed by atoms with van der Waals surface area (Å²) in [6.45, 7) is 0. The quantitative estimate of drug-likeness (QED) is 0.785. The van der Waals surface area contributed by atoms with E-state index in [4.69, 9.17) is 11.6 Å². The second-order valence-corrected chi connectivity index (χ2v) is 3.54. The summed E-state index contributed by atoms with van der Waals surface area (Å²) in [4.78, 5) is 0. The summed E-state index contributed by atoms with van der Waals surface area (Å²) in [6.07, 6.45) is -2.15. The third-order valence-corrected chi connectivity index (χ3v) is 2.27. The number of hydrogen-bond acceptors (Lipinski definition) is 2. The first kappa shape index (κ1) is 12.4. The van der Waals surface area contributed by atoms with Crippen molar-refractivity contribution in [3.8, 4) is 0 Å². The molecule has 0 spiro atoms. The molecule has 2 unspecified atom stereocenters. The van der Waals surface area contributed by atoms with Gasteiger partial charge < -0.3 is 10.2 Å². The molecule has 0 saturated heterocycles. The van der Waals surface area contributed by atoms with Gasteiger partial charge in [-0.2, -0.15) is 0 Å². The van der Waals surface area contributed by atoms with E-state index in [1.165, 1.54) is 6.07 Å². The van der Waals surface area contributed by atoms with Crippen molar-refractivity contribution in [1.29, 1.82) is 0 Å². The highest BCUT2D eigenvalue weighted by Gasteiger charge is 2.18. The van der Waals surface area contributed by atoms with E-state index in [9.17, 15) is 19.0 Å². The third-order valence-electron chi connectivity index (χ3n) is 2.05. The Morgan fingerprint density at radius 3 is 2.40 bits per heavy atom. The number of aliphatic hydroxyl groups excluding tert-OH is 2. The Balaban J connectivity index is 2.81. The zero-order valence-electron chi connectivity index (χ0n) is 7.83. The molecule has 0 aliphatic heterocycles. The number of benzene rings is 1. The number of aliphatic hydroxyl groups is 2. The average Bonchev–Trinajstić information content (AvgIpc) is 2.21. The van der Waals surface area contributed by atoms with E-state index < -0.39 is 23.8 Å². The summed E-state index contributed by atoms with van der Waals surface area (Å²) in [7, 11) is 0. The van der Waals surface area contributed by atoms with Crippen molar-refractivity contribution in [3.63, 3.8) is 0 Å². The highest BCUT2D eigenvalue weighted by molar-refractivity contribution is 6.17. The minimum atomic E-state index is -1.25. The van der Waals surface area contributed by atoms with Crippen molar-refractivity contribution >= 4 is 11.6 Å². The minimum absolute atomic E-state index is 0.131. The lowest BCUT2D eigenvalue weighted by Gasteiger charge is -2.17. The van der Waals surface area contributed by atoms with Gasteiger partial charge in [0.15, 0.2) is 11.6 Å². The predicted molar refractivity (Wildman–Crippen MR) is 52.7 cm³/mol. The molecule has 1 aromatic rings. The summed E-state index contributed by atoms with van der Waals surface area (Å²) in [6, 6.07) is 2.99. The van der Waals surface area contributed by atoms with Crippen LogP contribution in [-0.4, -0.2) is 22.2 Å². The molecule has 1 rings (SSSR count). The van der Waals surface area contributed by atoms with Crippen molar-refractivity contribution in [2.75, 3.05) is 5.88 Å². The molecule has 0 aliphatic carbocycles. The molecule has 0 aliphatic rings. The Morgan fingerprint density at radius 1 is 1.20 bits per heavy atom. The van der Waals surface area contributed by atoms with Crippen molar-refractivity contribution < 1.29 is 19.0 Å². The molecular formula is C10H11ClF2O2. The van der Waals surface area contributed by atoms with Gasteiger partial charge in [-0.05, 0) is 24.1 Å². The van der Waals surface area contributed by atoms with Crippen LogP contribution in [0, 0.1) is 11.6 Å². The number of hydrogen-bond donors (Lipinski definition) is 2. The topological polar surface area (TPSA) is 40.5 Å². The summed E-state index contributed by atoms with van der Waals surface area (Å²) >= 11 is 5.38. The molecule has 0 fully saturated rings. The fourth-order valence-electron chi connectivity index (χ4n) is 1.19. The van der Waals surface area contributed by atoms with Gasteiger partial charge in [-0.1, -0.05) is 6.07 Å². The summed E-state index contributed by atoms with van der Waals surface area (Å²) in [5, 5.41) is 18.9. The van der Waals surface area contributed by atoms with Crippen LogP contribution in [0.5, 0.6) is 0 Å². The smallest absolute Gasteiger partial charge is 0.159 e. The van der Waals surface area contributed by atoms with E-state index in [0.717, 1.165) is 12.1 Å². The van der Waals surface area contributed by atoms with E-state index >= 15 is 0 Å². The second-order valence-electron chi connectivity index (χ2n) is 3.16. The van der Waals surface area contributed by atoms with Crippen LogP contribution in [0.2, 0.25) is 0 Å². The van der Waals surface area contributed by atoms with Gasteiger partial charge in [-0.25, -0.2) is 8.78 Å². The van der Waals surface area contributed by atoms with Crippen LogP contribution in [0.3, 0.4) is 0 Å². The van der Waals surface area contributed by atoms with Gasteiger partial charge in [0.05, 0.1) is 6.10 Å². The average molecular weight is 237 g/mol. The van der Waals surface area contributed by atoms with E-state index in [0.29, 0.717) is 0 Å². The summed E-state index contributed by atoms with van der Waals surface area (Å²) < 4.78 is 25.4. The highest BCUT2D eigenvalue weighted by Crippen LogP contribution is 2.21. The predicted octanol–water partition coefficient (Wildman–Crippen LogP) is 1.99. The molecule has 2 nitrogen and oxygen atoms in total. The molecule has 2 atom stereocenters. The van der Waals surface area contributed by atoms with Crippen molar-refractivity contribution in [2.24, 2.45) is 0 Å². The molecule has 0 radical (unpaired) electrons. The number of halogens is 3. The van der Waals surface area contributed by atoms with Crippen LogP contribution >= 0.6 is 11.6 Å². The van der Waals surface area contributed by atoms with Crippen molar-refractivity contribution in [3.05, 3.63) is 35.4 Å². The fourth-order valence-corrected chi connectivity index (χ4v) is 1.41. The molecule has 0 heterocycles. The lowest BCUT2D eigenvalue weighted by molar-refractivity contribution is 0.0168. The first-order chi connectivity index (χ1) is 7.06. The van der Waals surface area contributed by atoms with Crippen molar-refractivity contribution in [2.45, 2.75) is 18.6 Å². The molecular weight excluding hydrogens is 226 g/mol. The van der Waals surface area contributed by atoms with Crippen LogP contribution in [0.25, 0.3) is 0 Å². The molecule has 15 heavy (non-hydrogen) atoms. The van der Waals surface area contributed by atoms with Crippen LogP contribution in [0.15, 0.2) is 18.2 Å². The molecule has 1 aromatic carbocycles. The lowest BCUT2D eigenvalue weighted by Crippen LogP contribution is -2.18. The SMILES string of the molecule is OC(CCCl)C(O)c1ccc(F)c(F)c1. The Labute approximate surface area is 91.1 Å². The Bertz CT molecular complexity index is 333. The molecule has 84 valence electrons. The first-order valence-corrected chi connectivity index (χ1v) is 4.96. The number of rotatable bonds is 4. The number of alkyl halides is 1. The second kappa shape index (κ2) is 5.39. The maximum Gasteiger partial charge on any atom is 0.159 e. The molecule has 0 bridgehead atoms. The maximum atomic E-state index is 12.8. The Kier molecular flexibility index (Phi) is 4.45. The van der Waals surface area contributed by atoms with Crippen LogP contribution in [0.1, 0.15) is 18.1 Å². The standard InChI is InChI=1S/C10H11ClF2O2/c11-4-3-9(14)10(15)6-1-2-7(12)8(13)5-6/h1-2,5,9-10,14-15H,3-4H2. The Hall–Kier alpha value is -0.710. The van der Waals surface area contributed by atoms with Crippen LogP contribution < -0.4 is 0 Å². The molecule has 5 heteroatoms. The van der Waals surface area contributed by atoms with E-state index in [1.54, 1.807) is 0 Å². The van der Waals surface area contributed by atoms with Crippen molar-refractivity contribution in [1.82, 2.24) is 0 Å². The zero-order chi connectivity index (χ0) is 11.4.